The largest absolute Gasteiger partial charge is 0.486 e. The second kappa shape index (κ2) is 6.05. The number of sulfonamides is 1. The van der Waals surface area contributed by atoms with Gasteiger partial charge in [0.2, 0.25) is 10.0 Å². The summed E-state index contributed by atoms with van der Waals surface area (Å²) in [5, 5.41) is 5.06. The number of anilines is 1. The van der Waals surface area contributed by atoms with Gasteiger partial charge in [0.15, 0.2) is 11.5 Å². The van der Waals surface area contributed by atoms with Crippen LogP contribution in [0.1, 0.15) is 5.56 Å². The van der Waals surface area contributed by atoms with Crippen LogP contribution < -0.4 is 19.5 Å². The first-order chi connectivity index (χ1) is 10.9. The summed E-state index contributed by atoms with van der Waals surface area (Å²) in [4.78, 5) is 6.04. The van der Waals surface area contributed by atoms with Crippen molar-refractivity contribution < 1.29 is 17.9 Å². The minimum atomic E-state index is -3.73. The van der Waals surface area contributed by atoms with Crippen LogP contribution in [0.2, 0.25) is 0 Å². The molecular weight excluding hydrogens is 318 g/mol. The summed E-state index contributed by atoms with van der Waals surface area (Å²) in [6.45, 7) is 1.70. The third kappa shape index (κ3) is 3.54. The summed E-state index contributed by atoms with van der Waals surface area (Å²) in [6.07, 6.45) is 1.25. The Morgan fingerprint density at radius 1 is 1.17 bits per heavy atom. The molecule has 0 radical (unpaired) electrons. The number of rotatable bonds is 4. The van der Waals surface area contributed by atoms with E-state index < -0.39 is 10.0 Å². The van der Waals surface area contributed by atoms with E-state index >= 15 is 0 Å². The van der Waals surface area contributed by atoms with E-state index in [4.69, 9.17) is 14.6 Å². The summed E-state index contributed by atoms with van der Waals surface area (Å²) in [5.41, 5.74) is 1.04. The van der Waals surface area contributed by atoms with E-state index in [2.05, 4.69) is 4.98 Å². The first kappa shape index (κ1) is 15.6. The zero-order valence-electron chi connectivity index (χ0n) is 12.6. The van der Waals surface area contributed by atoms with Gasteiger partial charge in [0.1, 0.15) is 23.9 Å². The maximum Gasteiger partial charge on any atom is 0.239 e. The molecule has 1 aliphatic rings. The van der Waals surface area contributed by atoms with Gasteiger partial charge in [-0.05, 0) is 29.8 Å². The Balaban J connectivity index is 1.75. The standard InChI is InChI=1S/C15H17N3O4S/c1-18(15-5-3-12(9-17-15)23(16,19)20)10-11-2-4-13-14(8-11)22-7-6-21-13/h2-5,8-9H,6-7,10H2,1H3,(H2,16,19,20). The van der Waals surface area contributed by atoms with E-state index in [-0.39, 0.29) is 4.90 Å². The van der Waals surface area contributed by atoms with Crippen LogP contribution in [-0.2, 0) is 16.6 Å². The Labute approximate surface area is 134 Å². The fraction of sp³-hybridized carbons (Fsp3) is 0.267. The average molecular weight is 335 g/mol. The van der Waals surface area contributed by atoms with Gasteiger partial charge in [-0.2, -0.15) is 0 Å². The molecule has 7 nitrogen and oxygen atoms in total. The lowest BCUT2D eigenvalue weighted by atomic mass is 10.2. The highest BCUT2D eigenvalue weighted by molar-refractivity contribution is 7.89. The molecule has 1 aromatic heterocycles. The highest BCUT2D eigenvalue weighted by Crippen LogP contribution is 2.31. The predicted molar refractivity (Wildman–Crippen MR) is 85.1 cm³/mol. The fourth-order valence-corrected chi connectivity index (χ4v) is 2.76. The Bertz CT molecular complexity index is 806. The summed E-state index contributed by atoms with van der Waals surface area (Å²) in [7, 11) is -1.86. The van der Waals surface area contributed by atoms with Crippen molar-refractivity contribution in [2.45, 2.75) is 11.4 Å². The van der Waals surface area contributed by atoms with E-state index in [1.807, 2.05) is 30.1 Å². The predicted octanol–water partition coefficient (Wildman–Crippen LogP) is 1.14. The molecule has 1 aliphatic heterocycles. The van der Waals surface area contributed by atoms with Gasteiger partial charge in [-0.3, -0.25) is 0 Å². The van der Waals surface area contributed by atoms with Crippen molar-refractivity contribution in [1.82, 2.24) is 4.98 Å². The molecule has 0 unspecified atom stereocenters. The maximum absolute atomic E-state index is 11.2. The molecule has 8 heteroatoms. The zero-order valence-corrected chi connectivity index (χ0v) is 13.4. The maximum atomic E-state index is 11.2. The monoisotopic (exact) mass is 335 g/mol. The molecule has 3 rings (SSSR count). The number of ether oxygens (including phenoxy) is 2. The Kier molecular flexibility index (Phi) is 4.10. The molecule has 0 saturated heterocycles. The van der Waals surface area contributed by atoms with Crippen LogP contribution in [0, 0.1) is 0 Å². The van der Waals surface area contributed by atoms with Crippen molar-refractivity contribution in [2.75, 3.05) is 25.2 Å². The SMILES string of the molecule is CN(Cc1ccc2c(c1)OCCO2)c1ccc(S(N)(=O)=O)cn1. The third-order valence-corrected chi connectivity index (χ3v) is 4.37. The van der Waals surface area contributed by atoms with Gasteiger partial charge in [-0.1, -0.05) is 6.07 Å². The highest BCUT2D eigenvalue weighted by atomic mass is 32.2. The van der Waals surface area contributed by atoms with E-state index in [0.29, 0.717) is 25.6 Å². The first-order valence-corrected chi connectivity index (χ1v) is 8.56. The van der Waals surface area contributed by atoms with Crippen molar-refractivity contribution in [2.24, 2.45) is 5.14 Å². The molecule has 122 valence electrons. The molecule has 23 heavy (non-hydrogen) atoms. The van der Waals surface area contributed by atoms with Crippen LogP contribution >= 0.6 is 0 Å². The quantitative estimate of drug-likeness (QED) is 0.900. The van der Waals surface area contributed by atoms with Crippen LogP contribution in [-0.4, -0.2) is 33.7 Å². The van der Waals surface area contributed by atoms with Crippen LogP contribution in [0.5, 0.6) is 11.5 Å². The fourth-order valence-electron chi connectivity index (χ4n) is 2.31. The third-order valence-electron chi connectivity index (χ3n) is 3.47. The van der Waals surface area contributed by atoms with Gasteiger partial charge in [0.05, 0.1) is 0 Å². The smallest absolute Gasteiger partial charge is 0.239 e. The van der Waals surface area contributed by atoms with Gasteiger partial charge >= 0.3 is 0 Å². The minimum absolute atomic E-state index is 0.00557. The second-order valence-electron chi connectivity index (χ2n) is 5.23. The molecule has 1 aromatic carbocycles. The Morgan fingerprint density at radius 2 is 1.91 bits per heavy atom. The Hall–Kier alpha value is -2.32. The van der Waals surface area contributed by atoms with Gasteiger partial charge < -0.3 is 14.4 Å². The number of aromatic nitrogens is 1. The number of nitrogens with zero attached hydrogens (tertiary/aromatic N) is 2. The number of hydrogen-bond acceptors (Lipinski definition) is 6. The second-order valence-corrected chi connectivity index (χ2v) is 6.79. The van der Waals surface area contributed by atoms with Crippen molar-refractivity contribution in [1.29, 1.82) is 0 Å². The highest BCUT2D eigenvalue weighted by Gasteiger charge is 2.13. The van der Waals surface area contributed by atoms with Crippen LogP contribution in [0.25, 0.3) is 0 Å². The zero-order chi connectivity index (χ0) is 16.4. The first-order valence-electron chi connectivity index (χ1n) is 7.02. The van der Waals surface area contributed by atoms with Crippen LogP contribution in [0.3, 0.4) is 0 Å². The van der Waals surface area contributed by atoms with E-state index in [1.54, 1.807) is 6.07 Å². The number of pyridine rings is 1. The normalized spacial score (nSPS) is 13.7. The van der Waals surface area contributed by atoms with Crippen molar-refractivity contribution in [3.8, 4) is 11.5 Å². The summed E-state index contributed by atoms with van der Waals surface area (Å²) in [5.74, 6) is 2.13. The molecule has 0 saturated carbocycles. The van der Waals surface area contributed by atoms with Gasteiger partial charge in [-0.25, -0.2) is 18.5 Å². The number of benzene rings is 1. The average Bonchev–Trinajstić information content (AvgIpc) is 2.54. The van der Waals surface area contributed by atoms with Crippen LogP contribution in [0.4, 0.5) is 5.82 Å². The number of hydrogen-bond donors (Lipinski definition) is 1. The molecule has 0 fully saturated rings. The molecule has 2 heterocycles. The summed E-state index contributed by atoms with van der Waals surface area (Å²) in [6, 6.07) is 8.84. The number of fused-ring (bicyclic) bond motifs is 1. The van der Waals surface area contributed by atoms with E-state index in [1.165, 1.54) is 12.3 Å². The van der Waals surface area contributed by atoms with Crippen LogP contribution in [0.15, 0.2) is 41.4 Å². The summed E-state index contributed by atoms with van der Waals surface area (Å²) >= 11 is 0. The van der Waals surface area contributed by atoms with E-state index in [9.17, 15) is 8.42 Å². The number of nitrogens with two attached hydrogens (primary N) is 1. The van der Waals surface area contributed by atoms with Crippen molar-refractivity contribution >= 4 is 15.8 Å². The Morgan fingerprint density at radius 3 is 2.57 bits per heavy atom. The lowest BCUT2D eigenvalue weighted by molar-refractivity contribution is 0.171. The molecule has 2 N–H and O–H groups in total. The molecule has 2 aromatic rings. The molecule has 0 atom stereocenters. The topological polar surface area (TPSA) is 94.7 Å². The van der Waals surface area contributed by atoms with Crippen molar-refractivity contribution in [3.05, 3.63) is 42.1 Å². The summed E-state index contributed by atoms with van der Waals surface area (Å²) < 4.78 is 33.5. The van der Waals surface area contributed by atoms with E-state index in [0.717, 1.165) is 17.1 Å². The lowest BCUT2D eigenvalue weighted by Crippen LogP contribution is -2.19. The molecular formula is C15H17N3O4S. The minimum Gasteiger partial charge on any atom is -0.486 e. The lowest BCUT2D eigenvalue weighted by Gasteiger charge is -2.21. The molecule has 0 aliphatic carbocycles. The van der Waals surface area contributed by atoms with Gasteiger partial charge in [0, 0.05) is 19.8 Å². The van der Waals surface area contributed by atoms with Crippen molar-refractivity contribution in [3.63, 3.8) is 0 Å². The van der Waals surface area contributed by atoms with Gasteiger partial charge in [-0.15, -0.1) is 0 Å². The molecule has 0 spiro atoms. The number of primary sulfonamides is 1. The molecule has 0 bridgehead atoms. The molecule has 0 amide bonds. The van der Waals surface area contributed by atoms with Gasteiger partial charge in [0.25, 0.3) is 0 Å².